The van der Waals surface area contributed by atoms with E-state index in [9.17, 15) is 22.8 Å². The number of alkyl halides is 3. The van der Waals surface area contributed by atoms with Crippen LogP contribution in [0.1, 0.15) is 45.3 Å². The van der Waals surface area contributed by atoms with E-state index in [1.807, 2.05) is 0 Å². The molecule has 0 aliphatic carbocycles. The van der Waals surface area contributed by atoms with Gasteiger partial charge in [0.25, 0.3) is 5.91 Å². The Kier molecular flexibility index (Phi) is 6.01. The number of rotatable bonds is 5. The summed E-state index contributed by atoms with van der Waals surface area (Å²) in [4.78, 5) is 29.7. The molecule has 1 amide bonds. The fourth-order valence-corrected chi connectivity index (χ4v) is 2.97. The number of hydrogen-bond acceptors (Lipinski definition) is 5. The van der Waals surface area contributed by atoms with Gasteiger partial charge in [0.15, 0.2) is 5.69 Å². The molecule has 9 heteroatoms. The minimum Gasteiger partial charge on any atom is -0.464 e. The van der Waals surface area contributed by atoms with Gasteiger partial charge in [-0.2, -0.15) is 13.2 Å². The van der Waals surface area contributed by atoms with E-state index in [2.05, 4.69) is 9.72 Å². The first kappa shape index (κ1) is 19.9. The lowest BCUT2D eigenvalue weighted by atomic mass is 10.1. The van der Waals surface area contributed by atoms with Gasteiger partial charge in [0.05, 0.1) is 19.2 Å². The Balaban J connectivity index is 2.26. The van der Waals surface area contributed by atoms with Gasteiger partial charge in [0.2, 0.25) is 0 Å². The Morgan fingerprint density at radius 1 is 1.31 bits per heavy atom. The largest absolute Gasteiger partial charge is 0.464 e. The second-order valence-electron chi connectivity index (χ2n) is 5.72. The summed E-state index contributed by atoms with van der Waals surface area (Å²) in [6.07, 6.45) is -4.52. The molecule has 0 spiro atoms. The van der Waals surface area contributed by atoms with Gasteiger partial charge in [-0.3, -0.25) is 4.79 Å². The molecular weight excluding hydrogens is 369 g/mol. The van der Waals surface area contributed by atoms with Gasteiger partial charge >= 0.3 is 12.1 Å². The molecule has 26 heavy (non-hydrogen) atoms. The van der Waals surface area contributed by atoms with Crippen LogP contribution in [0, 0.1) is 0 Å². The molecule has 0 unspecified atom stereocenters. The Labute approximate surface area is 152 Å². The van der Waals surface area contributed by atoms with Crippen molar-refractivity contribution < 1.29 is 27.5 Å². The van der Waals surface area contributed by atoms with Crippen LogP contribution in [0.3, 0.4) is 0 Å². The van der Waals surface area contributed by atoms with Crippen molar-refractivity contribution in [3.05, 3.63) is 51.5 Å². The fraction of sp³-hybridized carbons (Fsp3) is 0.353. The average Bonchev–Trinajstić information content (AvgIpc) is 3.06. The van der Waals surface area contributed by atoms with Crippen molar-refractivity contribution in [2.75, 3.05) is 7.11 Å². The molecule has 0 fully saturated rings. The Hall–Kier alpha value is -2.42. The summed E-state index contributed by atoms with van der Waals surface area (Å²) >= 11 is 1.17. The van der Waals surface area contributed by atoms with Gasteiger partial charge in [-0.05, 0) is 32.0 Å². The number of halogens is 3. The van der Waals surface area contributed by atoms with Gasteiger partial charge in [0.1, 0.15) is 5.01 Å². The van der Waals surface area contributed by atoms with E-state index in [0.29, 0.717) is 5.01 Å². The van der Waals surface area contributed by atoms with Crippen molar-refractivity contribution in [3.8, 4) is 0 Å². The minimum atomic E-state index is -4.52. The molecule has 0 radical (unpaired) electrons. The van der Waals surface area contributed by atoms with E-state index in [-0.39, 0.29) is 23.8 Å². The Bertz CT molecular complexity index is 803. The van der Waals surface area contributed by atoms with Crippen LogP contribution >= 0.6 is 11.3 Å². The molecule has 1 heterocycles. The van der Waals surface area contributed by atoms with Crippen LogP contribution < -0.4 is 0 Å². The van der Waals surface area contributed by atoms with Gasteiger partial charge in [0, 0.05) is 17.0 Å². The lowest BCUT2D eigenvalue weighted by Gasteiger charge is -2.26. The summed E-state index contributed by atoms with van der Waals surface area (Å²) in [5.74, 6) is -1.13. The van der Waals surface area contributed by atoms with Gasteiger partial charge in [-0.1, -0.05) is 6.07 Å². The maximum atomic E-state index is 12.9. The molecule has 2 aromatic rings. The standard InChI is InChI=1S/C17H17F3N2O3S/c1-10(2)22(8-14-21-13(9-26-14)16(24)25-3)15(23)11-5-4-6-12(7-11)17(18,19)20/h4-7,9-10H,8H2,1-3H3. The van der Waals surface area contributed by atoms with Crippen molar-refractivity contribution in [1.29, 1.82) is 0 Å². The van der Waals surface area contributed by atoms with Crippen LogP contribution in [0.25, 0.3) is 0 Å². The molecule has 1 aromatic carbocycles. The third-order valence-corrected chi connectivity index (χ3v) is 4.41. The SMILES string of the molecule is COC(=O)c1csc(CN(C(=O)c2cccc(C(F)(F)F)c2)C(C)C)n1. The van der Waals surface area contributed by atoms with Crippen molar-refractivity contribution >= 4 is 23.2 Å². The zero-order valence-corrected chi connectivity index (χ0v) is 15.1. The molecule has 0 aliphatic heterocycles. The highest BCUT2D eigenvalue weighted by molar-refractivity contribution is 7.09. The maximum Gasteiger partial charge on any atom is 0.416 e. The summed E-state index contributed by atoms with van der Waals surface area (Å²) < 4.78 is 43.2. The highest BCUT2D eigenvalue weighted by Crippen LogP contribution is 2.30. The number of carbonyl (C=O) groups excluding carboxylic acids is 2. The number of esters is 1. The third kappa shape index (κ3) is 4.60. The number of methoxy groups -OCH3 is 1. The van der Waals surface area contributed by atoms with E-state index in [1.54, 1.807) is 13.8 Å². The third-order valence-electron chi connectivity index (χ3n) is 3.57. The van der Waals surface area contributed by atoms with E-state index < -0.39 is 23.6 Å². The van der Waals surface area contributed by atoms with E-state index in [4.69, 9.17) is 0 Å². The molecule has 0 aliphatic rings. The molecule has 0 saturated heterocycles. The van der Waals surface area contributed by atoms with Gasteiger partial charge < -0.3 is 9.64 Å². The number of ether oxygens (including phenoxy) is 1. The molecule has 0 atom stereocenters. The molecular formula is C17H17F3N2O3S. The predicted octanol–water partition coefficient (Wildman–Crippen LogP) is 4.00. The second kappa shape index (κ2) is 7.86. The zero-order valence-electron chi connectivity index (χ0n) is 14.3. The summed E-state index contributed by atoms with van der Waals surface area (Å²) in [6, 6.07) is 4.02. The number of amides is 1. The van der Waals surface area contributed by atoms with E-state index in [1.165, 1.54) is 40.9 Å². The van der Waals surface area contributed by atoms with Gasteiger partial charge in [-0.15, -0.1) is 11.3 Å². The van der Waals surface area contributed by atoms with Crippen molar-refractivity contribution in [2.45, 2.75) is 32.6 Å². The summed E-state index contributed by atoms with van der Waals surface area (Å²) in [5, 5.41) is 1.99. The first-order valence-electron chi connectivity index (χ1n) is 7.64. The number of hydrogen-bond donors (Lipinski definition) is 0. The Morgan fingerprint density at radius 2 is 2.00 bits per heavy atom. The quantitative estimate of drug-likeness (QED) is 0.729. The highest BCUT2D eigenvalue weighted by atomic mass is 32.1. The Morgan fingerprint density at radius 3 is 2.58 bits per heavy atom. The first-order chi connectivity index (χ1) is 12.1. The van der Waals surface area contributed by atoms with Crippen molar-refractivity contribution in [3.63, 3.8) is 0 Å². The highest BCUT2D eigenvalue weighted by Gasteiger charge is 2.31. The number of nitrogens with zero attached hydrogens (tertiary/aromatic N) is 2. The molecule has 0 bridgehead atoms. The van der Waals surface area contributed by atoms with Gasteiger partial charge in [-0.25, -0.2) is 9.78 Å². The van der Waals surface area contributed by atoms with Crippen LogP contribution in [0.5, 0.6) is 0 Å². The smallest absolute Gasteiger partial charge is 0.416 e. The molecule has 1 aromatic heterocycles. The number of aromatic nitrogens is 1. The molecule has 140 valence electrons. The molecule has 0 saturated carbocycles. The van der Waals surface area contributed by atoms with E-state index in [0.717, 1.165) is 12.1 Å². The topological polar surface area (TPSA) is 59.5 Å². The van der Waals surface area contributed by atoms with Crippen LogP contribution in [-0.4, -0.2) is 34.9 Å². The molecule has 5 nitrogen and oxygen atoms in total. The maximum absolute atomic E-state index is 12.9. The predicted molar refractivity (Wildman–Crippen MR) is 89.9 cm³/mol. The summed E-state index contributed by atoms with van der Waals surface area (Å²) in [7, 11) is 1.24. The van der Waals surface area contributed by atoms with Crippen LogP contribution in [0.2, 0.25) is 0 Å². The first-order valence-corrected chi connectivity index (χ1v) is 8.52. The summed E-state index contributed by atoms with van der Waals surface area (Å²) in [6.45, 7) is 3.58. The normalized spacial score (nSPS) is 11.5. The minimum absolute atomic E-state index is 0.0572. The fourth-order valence-electron chi connectivity index (χ4n) is 2.21. The number of benzene rings is 1. The lowest BCUT2D eigenvalue weighted by molar-refractivity contribution is -0.137. The monoisotopic (exact) mass is 386 g/mol. The van der Waals surface area contributed by atoms with Crippen molar-refractivity contribution in [1.82, 2.24) is 9.88 Å². The average molecular weight is 386 g/mol. The zero-order chi connectivity index (χ0) is 19.5. The number of carbonyl (C=O) groups is 2. The van der Waals surface area contributed by atoms with E-state index >= 15 is 0 Å². The van der Waals surface area contributed by atoms with Crippen LogP contribution in [0.15, 0.2) is 29.6 Å². The van der Waals surface area contributed by atoms with Crippen molar-refractivity contribution in [2.24, 2.45) is 0 Å². The lowest BCUT2D eigenvalue weighted by Crippen LogP contribution is -2.36. The van der Waals surface area contributed by atoms with Crippen LogP contribution in [-0.2, 0) is 17.5 Å². The number of thiazole rings is 1. The van der Waals surface area contributed by atoms with Crippen LogP contribution in [0.4, 0.5) is 13.2 Å². The molecule has 0 N–H and O–H groups in total. The second-order valence-corrected chi connectivity index (χ2v) is 6.67. The molecule has 2 rings (SSSR count). The summed E-state index contributed by atoms with van der Waals surface area (Å²) in [5.41, 5.74) is -0.810.